The van der Waals surface area contributed by atoms with Gasteiger partial charge in [0.05, 0.1) is 0 Å². The maximum absolute atomic E-state index is 10.2. The number of rotatable bonds is 7. The number of carbonyl (C=O) groups is 1. The molecule has 4 rings (SSSR count). The fraction of sp³-hybridized carbons (Fsp3) is 0.250. The smallest absolute Gasteiger partial charge is 0.337 e. The van der Waals surface area contributed by atoms with Crippen LogP contribution >= 0.6 is 0 Å². The summed E-state index contributed by atoms with van der Waals surface area (Å²) in [6, 6.07) is 30.1. The molecule has 5 heteroatoms. The zero-order chi connectivity index (χ0) is 23.5. The second-order valence-electron chi connectivity index (χ2n) is 8.13. The SMILES string of the molecule is C=C[C@H]1CN(Cc2ccccc2)CCN1Cc1ccccc1.O=C(O)C(O)c1ccccc1. The highest BCUT2D eigenvalue weighted by molar-refractivity contribution is 5.73. The molecule has 0 aromatic heterocycles. The molecule has 1 aliphatic heterocycles. The van der Waals surface area contributed by atoms with Gasteiger partial charge in [0.1, 0.15) is 0 Å². The van der Waals surface area contributed by atoms with E-state index in [1.807, 2.05) is 0 Å². The molecule has 0 spiro atoms. The maximum Gasteiger partial charge on any atom is 0.337 e. The fourth-order valence-corrected chi connectivity index (χ4v) is 3.91. The van der Waals surface area contributed by atoms with Gasteiger partial charge in [-0.05, 0) is 16.7 Å². The molecule has 0 bridgehead atoms. The van der Waals surface area contributed by atoms with Crippen LogP contribution in [0.3, 0.4) is 0 Å². The molecule has 0 radical (unpaired) electrons. The van der Waals surface area contributed by atoms with Crippen LogP contribution in [0.2, 0.25) is 0 Å². The first-order valence-corrected chi connectivity index (χ1v) is 11.2. The van der Waals surface area contributed by atoms with E-state index < -0.39 is 12.1 Å². The van der Waals surface area contributed by atoms with Crippen LogP contribution in [0.5, 0.6) is 0 Å². The van der Waals surface area contributed by atoms with Crippen molar-refractivity contribution in [3.05, 3.63) is 120 Å². The molecule has 0 amide bonds. The predicted octanol–water partition coefficient (Wildman–Crippen LogP) is 4.36. The second-order valence-corrected chi connectivity index (χ2v) is 8.13. The van der Waals surface area contributed by atoms with Gasteiger partial charge in [-0.25, -0.2) is 4.79 Å². The Bertz CT molecular complexity index is 980. The molecule has 1 unspecified atom stereocenters. The number of piperazine rings is 1. The second kappa shape index (κ2) is 12.7. The first kappa shape index (κ1) is 24.4. The van der Waals surface area contributed by atoms with E-state index in [4.69, 9.17) is 10.2 Å². The van der Waals surface area contributed by atoms with E-state index in [2.05, 4.69) is 83.1 Å². The summed E-state index contributed by atoms with van der Waals surface area (Å²) in [5, 5.41) is 17.4. The quantitative estimate of drug-likeness (QED) is 0.530. The maximum atomic E-state index is 10.2. The molecule has 2 N–H and O–H groups in total. The topological polar surface area (TPSA) is 64.0 Å². The summed E-state index contributed by atoms with van der Waals surface area (Å²) < 4.78 is 0. The van der Waals surface area contributed by atoms with Crippen LogP contribution in [0, 0.1) is 0 Å². The van der Waals surface area contributed by atoms with Crippen LogP contribution in [0.1, 0.15) is 22.8 Å². The molecular weight excluding hydrogens is 412 g/mol. The van der Waals surface area contributed by atoms with E-state index >= 15 is 0 Å². The monoisotopic (exact) mass is 444 g/mol. The summed E-state index contributed by atoms with van der Waals surface area (Å²) in [7, 11) is 0. The molecule has 1 heterocycles. The van der Waals surface area contributed by atoms with Gasteiger partial charge in [0, 0.05) is 38.8 Å². The molecule has 172 valence electrons. The van der Waals surface area contributed by atoms with Crippen molar-refractivity contribution in [2.45, 2.75) is 25.2 Å². The molecule has 5 nitrogen and oxygen atoms in total. The van der Waals surface area contributed by atoms with Crippen molar-refractivity contribution < 1.29 is 15.0 Å². The van der Waals surface area contributed by atoms with Gasteiger partial charge in [-0.1, -0.05) is 97.1 Å². The number of aliphatic carboxylic acids is 1. The third-order valence-corrected chi connectivity index (χ3v) is 5.72. The van der Waals surface area contributed by atoms with Crippen molar-refractivity contribution in [2.24, 2.45) is 0 Å². The first-order chi connectivity index (χ1) is 16.1. The normalized spacial score (nSPS) is 17.4. The highest BCUT2D eigenvalue weighted by Gasteiger charge is 2.24. The molecule has 0 saturated carbocycles. The largest absolute Gasteiger partial charge is 0.479 e. The minimum atomic E-state index is -1.41. The molecule has 3 aromatic carbocycles. The number of carboxylic acids is 1. The number of nitrogens with zero attached hydrogens (tertiary/aromatic N) is 2. The molecule has 0 aliphatic carbocycles. The van der Waals surface area contributed by atoms with Gasteiger partial charge in [0.2, 0.25) is 0 Å². The molecule has 1 fully saturated rings. The Balaban J connectivity index is 0.000000235. The van der Waals surface area contributed by atoms with Crippen LogP contribution in [-0.2, 0) is 17.9 Å². The lowest BCUT2D eigenvalue weighted by molar-refractivity contribution is -0.146. The van der Waals surface area contributed by atoms with Crippen molar-refractivity contribution >= 4 is 5.97 Å². The molecule has 1 saturated heterocycles. The van der Waals surface area contributed by atoms with Crippen molar-refractivity contribution in [3.8, 4) is 0 Å². The molecule has 33 heavy (non-hydrogen) atoms. The fourth-order valence-electron chi connectivity index (χ4n) is 3.91. The number of benzene rings is 3. The van der Waals surface area contributed by atoms with Gasteiger partial charge in [-0.3, -0.25) is 9.80 Å². The number of hydrogen-bond acceptors (Lipinski definition) is 4. The molecule has 1 aliphatic rings. The van der Waals surface area contributed by atoms with Gasteiger partial charge < -0.3 is 10.2 Å². The zero-order valence-electron chi connectivity index (χ0n) is 18.8. The van der Waals surface area contributed by atoms with E-state index in [1.54, 1.807) is 30.3 Å². The Labute approximate surface area is 196 Å². The van der Waals surface area contributed by atoms with Crippen LogP contribution in [0.15, 0.2) is 104 Å². The Morgan fingerprint density at radius 1 is 0.879 bits per heavy atom. The van der Waals surface area contributed by atoms with Gasteiger partial charge >= 0.3 is 5.97 Å². The van der Waals surface area contributed by atoms with Crippen LogP contribution in [0.25, 0.3) is 0 Å². The number of hydrogen-bond donors (Lipinski definition) is 2. The first-order valence-electron chi connectivity index (χ1n) is 11.2. The van der Waals surface area contributed by atoms with E-state index in [0.29, 0.717) is 11.6 Å². The van der Waals surface area contributed by atoms with Crippen LogP contribution < -0.4 is 0 Å². The summed E-state index contributed by atoms with van der Waals surface area (Å²) in [6.45, 7) is 9.37. The highest BCUT2D eigenvalue weighted by atomic mass is 16.4. The van der Waals surface area contributed by atoms with Gasteiger partial charge in [-0.2, -0.15) is 0 Å². The summed E-state index contributed by atoms with van der Waals surface area (Å²) >= 11 is 0. The Kier molecular flexibility index (Phi) is 9.39. The zero-order valence-corrected chi connectivity index (χ0v) is 18.8. The number of aliphatic hydroxyl groups excluding tert-OH is 1. The average Bonchev–Trinajstić information content (AvgIpc) is 2.86. The molecular formula is C28H32N2O3. The van der Waals surface area contributed by atoms with Crippen molar-refractivity contribution in [1.29, 1.82) is 0 Å². The lowest BCUT2D eigenvalue weighted by Crippen LogP contribution is -2.51. The lowest BCUT2D eigenvalue weighted by atomic mass is 10.1. The Morgan fingerprint density at radius 3 is 1.91 bits per heavy atom. The number of aliphatic hydroxyl groups is 1. The van der Waals surface area contributed by atoms with Crippen molar-refractivity contribution in [3.63, 3.8) is 0 Å². The molecule has 2 atom stereocenters. The summed E-state index contributed by atoms with van der Waals surface area (Å²) in [4.78, 5) is 15.3. The van der Waals surface area contributed by atoms with E-state index in [-0.39, 0.29) is 0 Å². The van der Waals surface area contributed by atoms with Crippen LogP contribution in [-0.4, -0.2) is 51.7 Å². The van der Waals surface area contributed by atoms with Crippen LogP contribution in [0.4, 0.5) is 0 Å². The van der Waals surface area contributed by atoms with Gasteiger partial charge in [-0.15, -0.1) is 6.58 Å². The third kappa shape index (κ3) is 7.68. The predicted molar refractivity (Wildman–Crippen MR) is 132 cm³/mol. The van der Waals surface area contributed by atoms with E-state index in [0.717, 1.165) is 32.7 Å². The Hall–Kier alpha value is -3.25. The lowest BCUT2D eigenvalue weighted by Gasteiger charge is -2.40. The van der Waals surface area contributed by atoms with E-state index in [1.165, 1.54) is 11.1 Å². The minimum Gasteiger partial charge on any atom is -0.479 e. The highest BCUT2D eigenvalue weighted by Crippen LogP contribution is 2.17. The minimum absolute atomic E-state index is 0.403. The third-order valence-electron chi connectivity index (χ3n) is 5.72. The van der Waals surface area contributed by atoms with Crippen molar-refractivity contribution in [2.75, 3.05) is 19.6 Å². The molecule has 3 aromatic rings. The summed E-state index contributed by atoms with van der Waals surface area (Å²) in [6.07, 6.45) is 0.691. The van der Waals surface area contributed by atoms with E-state index in [9.17, 15) is 4.79 Å². The number of carboxylic acid groups (broad SMARTS) is 1. The summed E-state index contributed by atoms with van der Waals surface area (Å²) in [5.74, 6) is -1.23. The summed E-state index contributed by atoms with van der Waals surface area (Å²) in [5.41, 5.74) is 3.17. The van der Waals surface area contributed by atoms with Gasteiger partial charge in [0.25, 0.3) is 0 Å². The standard InChI is InChI=1S/C20H24N2.C8H8O3/c1-2-20-17-21(15-18-9-5-3-6-10-18)13-14-22(20)16-19-11-7-4-8-12-19;9-7(8(10)11)6-4-2-1-3-5-6/h2-12,20H,1,13-17H2;1-5,7,9H,(H,10,11)/t20-;/m0./s1. The average molecular weight is 445 g/mol. The van der Waals surface area contributed by atoms with Gasteiger partial charge in [0.15, 0.2) is 6.10 Å². The Morgan fingerprint density at radius 2 is 1.39 bits per heavy atom. The van der Waals surface area contributed by atoms with Crippen molar-refractivity contribution in [1.82, 2.24) is 9.80 Å².